The molecule has 0 radical (unpaired) electrons. The van der Waals surface area contributed by atoms with E-state index >= 15 is 0 Å². The molecular weight excluding hydrogens is 440 g/mol. The molecule has 0 aromatic heterocycles. The van der Waals surface area contributed by atoms with E-state index < -0.39 is 0 Å². The Kier molecular flexibility index (Phi) is 6.26. The Morgan fingerprint density at radius 3 is 1.36 bits per heavy atom. The van der Waals surface area contributed by atoms with E-state index in [4.69, 9.17) is 11.5 Å². The molecule has 0 heterocycles. The van der Waals surface area contributed by atoms with Gasteiger partial charge in [0.2, 0.25) is 0 Å². The van der Waals surface area contributed by atoms with E-state index in [-0.39, 0.29) is 0 Å². The fourth-order valence-corrected chi connectivity index (χ4v) is 4.16. The van der Waals surface area contributed by atoms with Gasteiger partial charge in [-0.15, -0.1) is 0 Å². The van der Waals surface area contributed by atoms with Gasteiger partial charge in [0.05, 0.1) is 0 Å². The van der Waals surface area contributed by atoms with Crippen LogP contribution in [0.4, 0.5) is 11.4 Å². The summed E-state index contributed by atoms with van der Waals surface area (Å²) in [5.74, 6) is 0.793. The molecule has 136 valence electrons. The van der Waals surface area contributed by atoms with Crippen molar-refractivity contribution >= 4 is 43.2 Å². The zero-order chi connectivity index (χ0) is 19.0. The SMILES string of the molecule is Cc1c(N)c(C(C)C)cc(Cc2cc(C(C)C)c(N)c(C)c2Br)c1Br. The first-order valence-electron chi connectivity index (χ1n) is 8.70. The third kappa shape index (κ3) is 3.90. The van der Waals surface area contributed by atoms with Gasteiger partial charge in [-0.3, -0.25) is 0 Å². The van der Waals surface area contributed by atoms with Crippen LogP contribution in [-0.4, -0.2) is 0 Å². The van der Waals surface area contributed by atoms with Crippen LogP contribution in [0.1, 0.15) is 72.9 Å². The van der Waals surface area contributed by atoms with Crippen molar-refractivity contribution < 1.29 is 0 Å². The molecule has 2 aromatic rings. The van der Waals surface area contributed by atoms with Gasteiger partial charge in [0, 0.05) is 20.3 Å². The third-order valence-corrected chi connectivity index (χ3v) is 7.14. The van der Waals surface area contributed by atoms with Crippen LogP contribution in [0.2, 0.25) is 0 Å². The molecule has 0 saturated heterocycles. The van der Waals surface area contributed by atoms with Crippen LogP contribution in [0.15, 0.2) is 21.1 Å². The lowest BCUT2D eigenvalue weighted by Gasteiger charge is -2.20. The van der Waals surface area contributed by atoms with Crippen molar-refractivity contribution in [2.24, 2.45) is 0 Å². The van der Waals surface area contributed by atoms with E-state index in [2.05, 4.69) is 85.5 Å². The minimum Gasteiger partial charge on any atom is -0.398 e. The van der Waals surface area contributed by atoms with Crippen LogP contribution < -0.4 is 11.5 Å². The second kappa shape index (κ2) is 7.71. The average molecular weight is 468 g/mol. The fourth-order valence-electron chi connectivity index (χ4n) is 3.23. The number of benzene rings is 2. The van der Waals surface area contributed by atoms with Crippen LogP contribution in [0.5, 0.6) is 0 Å². The summed E-state index contributed by atoms with van der Waals surface area (Å²) in [6, 6.07) is 4.48. The molecule has 0 amide bonds. The van der Waals surface area contributed by atoms with E-state index in [1.807, 2.05) is 0 Å². The summed E-state index contributed by atoms with van der Waals surface area (Å²) in [7, 11) is 0. The minimum absolute atomic E-state index is 0.397. The lowest BCUT2D eigenvalue weighted by atomic mass is 9.90. The van der Waals surface area contributed by atoms with E-state index in [1.54, 1.807) is 0 Å². The van der Waals surface area contributed by atoms with Gasteiger partial charge in [-0.1, -0.05) is 71.7 Å². The maximum absolute atomic E-state index is 6.33. The molecule has 25 heavy (non-hydrogen) atoms. The highest BCUT2D eigenvalue weighted by atomic mass is 79.9. The van der Waals surface area contributed by atoms with Gasteiger partial charge >= 0.3 is 0 Å². The monoisotopic (exact) mass is 466 g/mol. The van der Waals surface area contributed by atoms with Crippen LogP contribution in [0.25, 0.3) is 0 Å². The number of nitrogen functional groups attached to an aromatic ring is 2. The molecule has 0 unspecified atom stereocenters. The lowest BCUT2D eigenvalue weighted by molar-refractivity contribution is 0.859. The summed E-state index contributed by atoms with van der Waals surface area (Å²) in [5, 5.41) is 0. The second-order valence-electron chi connectivity index (χ2n) is 7.44. The molecule has 0 saturated carbocycles. The molecule has 0 bridgehead atoms. The quantitative estimate of drug-likeness (QED) is 0.484. The molecule has 0 atom stereocenters. The lowest BCUT2D eigenvalue weighted by Crippen LogP contribution is -2.06. The van der Waals surface area contributed by atoms with Crippen molar-refractivity contribution in [3.05, 3.63) is 54.5 Å². The van der Waals surface area contributed by atoms with Crippen LogP contribution in [-0.2, 0) is 6.42 Å². The van der Waals surface area contributed by atoms with Gasteiger partial charge in [0.1, 0.15) is 0 Å². The molecule has 0 aliphatic rings. The van der Waals surface area contributed by atoms with Crippen molar-refractivity contribution in [2.45, 2.75) is 59.8 Å². The molecule has 0 aliphatic carbocycles. The zero-order valence-electron chi connectivity index (χ0n) is 15.9. The van der Waals surface area contributed by atoms with E-state index in [0.29, 0.717) is 11.8 Å². The first kappa shape index (κ1) is 20.3. The Bertz CT molecular complexity index is 741. The Hall–Kier alpha value is -1.00. The highest BCUT2D eigenvalue weighted by Gasteiger charge is 2.18. The smallest absolute Gasteiger partial charge is 0.0390 e. The van der Waals surface area contributed by atoms with Crippen molar-refractivity contribution in [3.8, 4) is 0 Å². The summed E-state index contributed by atoms with van der Waals surface area (Å²) in [6.45, 7) is 12.9. The maximum atomic E-state index is 6.33. The molecule has 2 nitrogen and oxygen atoms in total. The van der Waals surface area contributed by atoms with Crippen LogP contribution in [0.3, 0.4) is 0 Å². The number of nitrogens with two attached hydrogens (primary N) is 2. The molecule has 0 fully saturated rings. The predicted molar refractivity (Wildman–Crippen MR) is 118 cm³/mol. The largest absolute Gasteiger partial charge is 0.398 e. The van der Waals surface area contributed by atoms with Gasteiger partial charge in [0.25, 0.3) is 0 Å². The molecule has 0 spiro atoms. The van der Waals surface area contributed by atoms with Gasteiger partial charge in [0.15, 0.2) is 0 Å². The van der Waals surface area contributed by atoms with Crippen LogP contribution in [0, 0.1) is 13.8 Å². The van der Waals surface area contributed by atoms with E-state index in [1.165, 1.54) is 22.3 Å². The Labute approximate surface area is 168 Å². The maximum Gasteiger partial charge on any atom is 0.0390 e. The van der Waals surface area contributed by atoms with Gasteiger partial charge in [-0.25, -0.2) is 0 Å². The molecule has 4 N–H and O–H groups in total. The van der Waals surface area contributed by atoms with Crippen molar-refractivity contribution in [1.29, 1.82) is 0 Å². The molecule has 2 aromatic carbocycles. The third-order valence-electron chi connectivity index (χ3n) is 4.94. The highest BCUT2D eigenvalue weighted by Crippen LogP contribution is 2.38. The van der Waals surface area contributed by atoms with Gasteiger partial charge in [-0.05, 0) is 65.5 Å². The van der Waals surface area contributed by atoms with Crippen LogP contribution >= 0.6 is 31.9 Å². The number of rotatable bonds is 4. The van der Waals surface area contributed by atoms with E-state index in [0.717, 1.165) is 37.9 Å². The summed E-state index contributed by atoms with van der Waals surface area (Å²) >= 11 is 7.51. The standard InChI is InChI=1S/C21H28Br2N2/c1-10(2)16-8-14(18(22)12(5)20(16)24)7-15-9-17(11(3)4)21(25)13(6)19(15)23/h8-11H,7,24-25H2,1-6H3. The number of hydrogen-bond donors (Lipinski definition) is 2. The fraction of sp³-hybridized carbons (Fsp3) is 0.429. The Morgan fingerprint density at radius 2 is 1.08 bits per heavy atom. The average Bonchev–Trinajstić information content (AvgIpc) is 2.54. The number of halogens is 2. The molecule has 4 heteroatoms. The topological polar surface area (TPSA) is 52.0 Å². The number of hydrogen-bond acceptors (Lipinski definition) is 2. The van der Waals surface area contributed by atoms with Gasteiger partial charge < -0.3 is 11.5 Å². The normalized spacial score (nSPS) is 11.6. The minimum atomic E-state index is 0.397. The highest BCUT2D eigenvalue weighted by molar-refractivity contribution is 9.11. The summed E-state index contributed by atoms with van der Waals surface area (Å²) in [5.41, 5.74) is 21.6. The number of anilines is 2. The Balaban J connectivity index is 2.61. The first-order chi connectivity index (χ1) is 11.6. The van der Waals surface area contributed by atoms with Crippen molar-refractivity contribution in [3.63, 3.8) is 0 Å². The first-order valence-corrected chi connectivity index (χ1v) is 10.3. The summed E-state index contributed by atoms with van der Waals surface area (Å²) in [4.78, 5) is 0. The zero-order valence-corrected chi connectivity index (χ0v) is 19.1. The molecule has 2 rings (SSSR count). The van der Waals surface area contributed by atoms with E-state index in [9.17, 15) is 0 Å². The second-order valence-corrected chi connectivity index (χ2v) is 9.03. The van der Waals surface area contributed by atoms with Crippen molar-refractivity contribution in [2.75, 3.05) is 11.5 Å². The summed E-state index contributed by atoms with van der Waals surface area (Å²) in [6.07, 6.45) is 0.836. The van der Waals surface area contributed by atoms with Crippen molar-refractivity contribution in [1.82, 2.24) is 0 Å². The summed E-state index contributed by atoms with van der Waals surface area (Å²) < 4.78 is 2.20. The predicted octanol–water partition coefficient (Wildman–Crippen LogP) is 6.83. The molecular formula is C21H28Br2N2. The van der Waals surface area contributed by atoms with Gasteiger partial charge in [-0.2, -0.15) is 0 Å². The molecule has 0 aliphatic heterocycles. The Morgan fingerprint density at radius 1 is 0.760 bits per heavy atom.